The molecule has 0 aromatic heterocycles. The minimum absolute atomic E-state index is 0.198. The third-order valence-electron chi connectivity index (χ3n) is 3.16. The van der Waals surface area contributed by atoms with Crippen molar-refractivity contribution in [2.45, 2.75) is 13.3 Å². The predicted octanol–water partition coefficient (Wildman–Crippen LogP) is 3.33. The van der Waals surface area contributed by atoms with Gasteiger partial charge in [0.25, 0.3) is 5.91 Å². The molecule has 0 fully saturated rings. The molecule has 0 radical (unpaired) electrons. The van der Waals surface area contributed by atoms with Gasteiger partial charge in [-0.1, -0.05) is 37.3 Å². The minimum Gasteiger partial charge on any atom is -0.494 e. The number of aliphatic carboxylic acids is 1. The van der Waals surface area contributed by atoms with Crippen molar-refractivity contribution in [2.75, 3.05) is 6.61 Å². The van der Waals surface area contributed by atoms with Crippen LogP contribution in [0.4, 0.5) is 0 Å². The summed E-state index contributed by atoms with van der Waals surface area (Å²) in [6.45, 7) is 2.59. The number of rotatable bonds is 7. The van der Waals surface area contributed by atoms with Gasteiger partial charge < -0.3 is 15.2 Å². The molecule has 0 bridgehead atoms. The van der Waals surface area contributed by atoms with Crippen LogP contribution in [0.5, 0.6) is 5.75 Å². The summed E-state index contributed by atoms with van der Waals surface area (Å²) in [6, 6.07) is 15.5. The van der Waals surface area contributed by atoms with Crippen LogP contribution in [0.1, 0.15) is 29.3 Å². The SMILES string of the molecule is CCCOc1cccc(C=C(NC(=O)c2ccccc2)C(=O)O)c1. The normalized spacial score (nSPS) is 11.0. The molecule has 1 amide bonds. The summed E-state index contributed by atoms with van der Waals surface area (Å²) in [6.07, 6.45) is 2.29. The Kier molecular flexibility index (Phi) is 6.14. The molecule has 0 atom stereocenters. The van der Waals surface area contributed by atoms with Crippen LogP contribution in [-0.2, 0) is 4.79 Å². The molecule has 124 valence electrons. The molecule has 0 aliphatic carbocycles. The molecule has 5 heteroatoms. The molecule has 2 N–H and O–H groups in total. The van der Waals surface area contributed by atoms with E-state index in [1.807, 2.05) is 6.92 Å². The minimum atomic E-state index is -1.21. The van der Waals surface area contributed by atoms with Crippen molar-refractivity contribution in [2.24, 2.45) is 0 Å². The van der Waals surface area contributed by atoms with Gasteiger partial charge in [-0.2, -0.15) is 0 Å². The van der Waals surface area contributed by atoms with Gasteiger partial charge in [0.15, 0.2) is 0 Å². The van der Waals surface area contributed by atoms with Gasteiger partial charge in [0.2, 0.25) is 0 Å². The van der Waals surface area contributed by atoms with Crippen LogP contribution >= 0.6 is 0 Å². The van der Waals surface area contributed by atoms with E-state index in [-0.39, 0.29) is 5.70 Å². The van der Waals surface area contributed by atoms with Gasteiger partial charge in [-0.05, 0) is 42.3 Å². The van der Waals surface area contributed by atoms with Gasteiger partial charge >= 0.3 is 5.97 Å². The monoisotopic (exact) mass is 325 g/mol. The highest BCUT2D eigenvalue weighted by Gasteiger charge is 2.13. The van der Waals surface area contributed by atoms with E-state index in [9.17, 15) is 14.7 Å². The van der Waals surface area contributed by atoms with Crippen LogP contribution < -0.4 is 10.1 Å². The third-order valence-corrected chi connectivity index (χ3v) is 3.16. The van der Waals surface area contributed by atoms with Crippen molar-refractivity contribution >= 4 is 18.0 Å². The Balaban J connectivity index is 2.19. The first-order valence-corrected chi connectivity index (χ1v) is 7.64. The van der Waals surface area contributed by atoms with E-state index in [0.29, 0.717) is 23.5 Å². The highest BCUT2D eigenvalue weighted by molar-refractivity contribution is 6.02. The van der Waals surface area contributed by atoms with Crippen molar-refractivity contribution in [1.29, 1.82) is 0 Å². The van der Waals surface area contributed by atoms with Crippen LogP contribution in [0.3, 0.4) is 0 Å². The number of carbonyl (C=O) groups excluding carboxylic acids is 1. The lowest BCUT2D eigenvalue weighted by Gasteiger charge is -2.08. The van der Waals surface area contributed by atoms with E-state index in [1.54, 1.807) is 54.6 Å². The number of carboxylic acid groups (broad SMARTS) is 1. The molecular weight excluding hydrogens is 306 g/mol. The summed E-state index contributed by atoms with van der Waals surface area (Å²) >= 11 is 0. The summed E-state index contributed by atoms with van der Waals surface area (Å²) in [7, 11) is 0. The lowest BCUT2D eigenvalue weighted by Crippen LogP contribution is -2.27. The van der Waals surface area contributed by atoms with Gasteiger partial charge in [0, 0.05) is 5.56 Å². The maximum absolute atomic E-state index is 12.1. The van der Waals surface area contributed by atoms with Gasteiger partial charge in [0.1, 0.15) is 11.4 Å². The van der Waals surface area contributed by atoms with E-state index in [2.05, 4.69) is 5.32 Å². The average molecular weight is 325 g/mol. The molecule has 0 unspecified atom stereocenters. The van der Waals surface area contributed by atoms with E-state index >= 15 is 0 Å². The highest BCUT2D eigenvalue weighted by Crippen LogP contribution is 2.16. The van der Waals surface area contributed by atoms with Crippen LogP contribution in [0.2, 0.25) is 0 Å². The molecule has 2 aromatic carbocycles. The second-order valence-corrected chi connectivity index (χ2v) is 5.10. The molecule has 0 aliphatic heterocycles. The zero-order valence-corrected chi connectivity index (χ0v) is 13.4. The topological polar surface area (TPSA) is 75.6 Å². The van der Waals surface area contributed by atoms with Crippen LogP contribution in [0, 0.1) is 0 Å². The molecular formula is C19H19NO4. The second-order valence-electron chi connectivity index (χ2n) is 5.10. The fourth-order valence-electron chi connectivity index (χ4n) is 2.02. The van der Waals surface area contributed by atoms with E-state index in [4.69, 9.17) is 4.74 Å². The number of ether oxygens (including phenoxy) is 1. The molecule has 0 heterocycles. The van der Waals surface area contributed by atoms with Gasteiger partial charge in [-0.25, -0.2) is 4.79 Å². The first kappa shape index (κ1) is 17.3. The maximum Gasteiger partial charge on any atom is 0.352 e. The number of carboxylic acids is 1. The fourth-order valence-corrected chi connectivity index (χ4v) is 2.02. The summed E-state index contributed by atoms with van der Waals surface area (Å²) in [5, 5.41) is 11.8. The van der Waals surface area contributed by atoms with Crippen LogP contribution in [0.15, 0.2) is 60.3 Å². The molecule has 2 rings (SSSR count). The van der Waals surface area contributed by atoms with Crippen LogP contribution in [0.25, 0.3) is 6.08 Å². The molecule has 5 nitrogen and oxygen atoms in total. The zero-order valence-electron chi connectivity index (χ0n) is 13.4. The number of amides is 1. The van der Waals surface area contributed by atoms with Crippen molar-refractivity contribution < 1.29 is 19.4 Å². The van der Waals surface area contributed by atoms with E-state index in [1.165, 1.54) is 6.08 Å². The van der Waals surface area contributed by atoms with Crippen molar-refractivity contribution in [1.82, 2.24) is 5.32 Å². The van der Waals surface area contributed by atoms with E-state index in [0.717, 1.165) is 6.42 Å². The van der Waals surface area contributed by atoms with Gasteiger partial charge in [0.05, 0.1) is 6.61 Å². The third kappa shape index (κ3) is 4.98. The quantitative estimate of drug-likeness (QED) is 0.766. The molecule has 0 spiro atoms. The first-order valence-electron chi connectivity index (χ1n) is 7.64. The standard InChI is InChI=1S/C19H19NO4/c1-2-11-24-16-10-6-7-14(12-16)13-17(19(22)23)20-18(21)15-8-4-3-5-9-15/h3-10,12-13H,2,11H2,1H3,(H,20,21)(H,22,23). The Labute approximate surface area is 140 Å². The maximum atomic E-state index is 12.1. The summed E-state index contributed by atoms with van der Waals surface area (Å²) in [5.41, 5.74) is 0.829. The van der Waals surface area contributed by atoms with Crippen molar-refractivity contribution in [3.8, 4) is 5.75 Å². The smallest absolute Gasteiger partial charge is 0.352 e. The van der Waals surface area contributed by atoms with E-state index < -0.39 is 11.9 Å². The summed E-state index contributed by atoms with van der Waals surface area (Å²) in [4.78, 5) is 23.5. The summed E-state index contributed by atoms with van der Waals surface area (Å²) in [5.74, 6) is -1.02. The average Bonchev–Trinajstić information content (AvgIpc) is 2.60. The molecule has 0 saturated carbocycles. The lowest BCUT2D eigenvalue weighted by molar-refractivity contribution is -0.132. The predicted molar refractivity (Wildman–Crippen MR) is 91.7 cm³/mol. The Morgan fingerprint density at radius 3 is 2.54 bits per heavy atom. The first-order chi connectivity index (χ1) is 11.6. The van der Waals surface area contributed by atoms with Crippen molar-refractivity contribution in [3.63, 3.8) is 0 Å². The molecule has 24 heavy (non-hydrogen) atoms. The number of carbonyl (C=O) groups is 2. The zero-order chi connectivity index (χ0) is 17.4. The highest BCUT2D eigenvalue weighted by atomic mass is 16.5. The number of nitrogens with one attached hydrogen (secondary N) is 1. The number of hydrogen-bond donors (Lipinski definition) is 2. The van der Waals surface area contributed by atoms with Crippen molar-refractivity contribution in [3.05, 3.63) is 71.4 Å². The van der Waals surface area contributed by atoms with Gasteiger partial charge in [-0.3, -0.25) is 4.79 Å². The Morgan fingerprint density at radius 2 is 1.88 bits per heavy atom. The Hall–Kier alpha value is -3.08. The second kappa shape index (κ2) is 8.53. The molecule has 2 aromatic rings. The fraction of sp³-hybridized carbons (Fsp3) is 0.158. The largest absolute Gasteiger partial charge is 0.494 e. The number of hydrogen-bond acceptors (Lipinski definition) is 3. The molecule has 0 aliphatic rings. The molecule has 0 saturated heterocycles. The number of benzene rings is 2. The summed E-state index contributed by atoms with van der Waals surface area (Å²) < 4.78 is 5.52. The Morgan fingerprint density at radius 1 is 1.12 bits per heavy atom. The van der Waals surface area contributed by atoms with Gasteiger partial charge in [-0.15, -0.1) is 0 Å². The lowest BCUT2D eigenvalue weighted by atomic mass is 10.1. The van der Waals surface area contributed by atoms with Crippen LogP contribution in [-0.4, -0.2) is 23.6 Å². The Bertz CT molecular complexity index is 738.